The molecule has 0 aliphatic heterocycles. The van der Waals surface area contributed by atoms with Crippen molar-refractivity contribution in [1.29, 1.82) is 0 Å². The van der Waals surface area contributed by atoms with E-state index in [-0.39, 0.29) is 24.8 Å². The number of aryl methyl sites for hydroxylation is 2. The first kappa shape index (κ1) is 17.9. The fourth-order valence-electron chi connectivity index (χ4n) is 2.55. The zero-order valence-electron chi connectivity index (χ0n) is 14.5. The van der Waals surface area contributed by atoms with E-state index in [9.17, 15) is 9.59 Å². The Hall–Kier alpha value is -2.86. The van der Waals surface area contributed by atoms with Crippen LogP contribution >= 0.6 is 11.6 Å². The van der Waals surface area contributed by atoms with Crippen molar-refractivity contribution < 1.29 is 9.59 Å². The first-order valence-electron chi connectivity index (χ1n) is 8.21. The minimum Gasteiger partial charge on any atom is -0.352 e. The number of hydrogen-bond acceptors (Lipinski definition) is 3. The fraction of sp³-hybridized carbons (Fsp3) is 0.211. The van der Waals surface area contributed by atoms with Crippen LogP contribution in [0.3, 0.4) is 0 Å². The molecule has 7 heteroatoms. The smallest absolute Gasteiger partial charge is 0.251 e. The van der Waals surface area contributed by atoms with E-state index in [1.807, 2.05) is 31.2 Å². The van der Waals surface area contributed by atoms with Crippen LogP contribution in [0.25, 0.3) is 11.0 Å². The number of imidazole rings is 1. The van der Waals surface area contributed by atoms with E-state index in [0.717, 1.165) is 22.3 Å². The van der Waals surface area contributed by atoms with Gasteiger partial charge in [0.15, 0.2) is 0 Å². The Labute approximate surface area is 156 Å². The van der Waals surface area contributed by atoms with Crippen LogP contribution in [0.2, 0.25) is 5.28 Å². The molecule has 0 unspecified atom stereocenters. The minimum atomic E-state index is -0.243. The molecule has 0 spiro atoms. The monoisotopic (exact) mass is 370 g/mol. The predicted octanol–water partition coefficient (Wildman–Crippen LogP) is 3.29. The van der Waals surface area contributed by atoms with Crippen molar-refractivity contribution >= 4 is 40.1 Å². The fourth-order valence-corrected chi connectivity index (χ4v) is 2.74. The van der Waals surface area contributed by atoms with Crippen LogP contribution in [-0.4, -0.2) is 27.9 Å². The third-order valence-corrected chi connectivity index (χ3v) is 4.40. The summed E-state index contributed by atoms with van der Waals surface area (Å²) in [5.41, 5.74) is 3.87. The average molecular weight is 371 g/mol. The van der Waals surface area contributed by atoms with Crippen molar-refractivity contribution in [2.45, 2.75) is 13.3 Å². The van der Waals surface area contributed by atoms with E-state index in [1.54, 1.807) is 29.8 Å². The Morgan fingerprint density at radius 3 is 2.62 bits per heavy atom. The molecule has 2 aromatic carbocycles. The summed E-state index contributed by atoms with van der Waals surface area (Å²) in [5, 5.41) is 5.92. The molecule has 0 aliphatic rings. The third-order valence-electron chi connectivity index (χ3n) is 4.06. The van der Waals surface area contributed by atoms with Crippen LogP contribution in [0.1, 0.15) is 22.3 Å². The molecule has 0 fully saturated rings. The maximum Gasteiger partial charge on any atom is 0.251 e. The molecule has 1 heterocycles. The largest absolute Gasteiger partial charge is 0.352 e. The molecule has 0 atom stereocenters. The summed E-state index contributed by atoms with van der Waals surface area (Å²) in [6.45, 7) is 2.23. The van der Waals surface area contributed by atoms with E-state index < -0.39 is 0 Å². The van der Waals surface area contributed by atoms with E-state index in [4.69, 9.17) is 11.6 Å². The van der Waals surface area contributed by atoms with Gasteiger partial charge in [0, 0.05) is 31.3 Å². The standard InChI is InChI=1S/C19H19ClN4O2/c1-12-3-6-14(7-4-12)22-17(25)9-10-21-18(26)13-5-8-15-16(11-13)24(2)19(20)23-15/h3-8,11H,9-10H2,1-2H3,(H,21,26)(H,22,25). The van der Waals surface area contributed by atoms with Gasteiger partial charge in [-0.3, -0.25) is 9.59 Å². The number of aromatic nitrogens is 2. The highest BCUT2D eigenvalue weighted by molar-refractivity contribution is 6.29. The quantitative estimate of drug-likeness (QED) is 0.723. The third kappa shape index (κ3) is 4.03. The summed E-state index contributed by atoms with van der Waals surface area (Å²) in [7, 11) is 1.79. The average Bonchev–Trinajstić information content (AvgIpc) is 2.91. The van der Waals surface area contributed by atoms with Crippen LogP contribution in [0.4, 0.5) is 5.69 Å². The molecule has 2 amide bonds. The highest BCUT2D eigenvalue weighted by Gasteiger charge is 2.11. The molecular formula is C19H19ClN4O2. The van der Waals surface area contributed by atoms with Gasteiger partial charge in [0.1, 0.15) is 0 Å². The molecule has 0 radical (unpaired) electrons. The summed E-state index contributed by atoms with van der Waals surface area (Å²) in [6.07, 6.45) is 0.194. The maximum absolute atomic E-state index is 12.3. The summed E-state index contributed by atoms with van der Waals surface area (Å²) >= 11 is 5.98. The van der Waals surface area contributed by atoms with E-state index in [0.29, 0.717) is 10.8 Å². The zero-order chi connectivity index (χ0) is 18.7. The first-order chi connectivity index (χ1) is 12.4. The van der Waals surface area contributed by atoms with Crippen LogP contribution in [-0.2, 0) is 11.8 Å². The molecule has 3 aromatic rings. The lowest BCUT2D eigenvalue weighted by Crippen LogP contribution is -2.27. The van der Waals surface area contributed by atoms with Crippen LogP contribution < -0.4 is 10.6 Å². The van der Waals surface area contributed by atoms with E-state index in [2.05, 4.69) is 15.6 Å². The summed E-state index contributed by atoms with van der Waals surface area (Å²) in [4.78, 5) is 28.4. The molecule has 0 saturated carbocycles. The normalized spacial score (nSPS) is 10.7. The summed E-state index contributed by atoms with van der Waals surface area (Å²) < 4.78 is 1.71. The maximum atomic E-state index is 12.3. The Morgan fingerprint density at radius 1 is 1.15 bits per heavy atom. The zero-order valence-corrected chi connectivity index (χ0v) is 15.3. The Balaban J connectivity index is 1.54. The molecule has 0 bridgehead atoms. The van der Waals surface area contributed by atoms with Gasteiger partial charge in [0.05, 0.1) is 11.0 Å². The lowest BCUT2D eigenvalue weighted by atomic mass is 10.2. The molecule has 26 heavy (non-hydrogen) atoms. The molecule has 6 nitrogen and oxygen atoms in total. The lowest BCUT2D eigenvalue weighted by Gasteiger charge is -2.07. The van der Waals surface area contributed by atoms with Crippen molar-refractivity contribution in [3.63, 3.8) is 0 Å². The number of anilines is 1. The molecule has 2 N–H and O–H groups in total. The molecular weight excluding hydrogens is 352 g/mol. The van der Waals surface area contributed by atoms with E-state index >= 15 is 0 Å². The first-order valence-corrected chi connectivity index (χ1v) is 8.58. The number of hydrogen-bond donors (Lipinski definition) is 2. The number of halogens is 1. The number of benzene rings is 2. The number of fused-ring (bicyclic) bond motifs is 1. The van der Waals surface area contributed by atoms with Crippen LogP contribution in [0, 0.1) is 6.92 Å². The summed E-state index contributed by atoms with van der Waals surface area (Å²) in [5.74, 6) is -0.393. The number of carbonyl (C=O) groups excluding carboxylic acids is 2. The van der Waals surface area contributed by atoms with Crippen molar-refractivity contribution in [3.05, 3.63) is 58.9 Å². The van der Waals surface area contributed by atoms with Crippen molar-refractivity contribution in [3.8, 4) is 0 Å². The molecule has 3 rings (SSSR count). The highest BCUT2D eigenvalue weighted by atomic mass is 35.5. The van der Waals surface area contributed by atoms with Crippen LogP contribution in [0.15, 0.2) is 42.5 Å². The van der Waals surface area contributed by atoms with Gasteiger partial charge in [-0.25, -0.2) is 4.98 Å². The van der Waals surface area contributed by atoms with Gasteiger partial charge < -0.3 is 15.2 Å². The number of nitrogens with zero attached hydrogens (tertiary/aromatic N) is 2. The topological polar surface area (TPSA) is 76.0 Å². The summed E-state index contributed by atoms with van der Waals surface area (Å²) in [6, 6.07) is 12.7. The minimum absolute atomic E-state index is 0.150. The number of amides is 2. The molecule has 0 saturated heterocycles. The van der Waals surface area contributed by atoms with Gasteiger partial charge in [-0.2, -0.15) is 0 Å². The van der Waals surface area contributed by atoms with Crippen molar-refractivity contribution in [2.24, 2.45) is 7.05 Å². The van der Waals surface area contributed by atoms with Gasteiger partial charge in [-0.05, 0) is 48.9 Å². The van der Waals surface area contributed by atoms with Gasteiger partial charge >= 0.3 is 0 Å². The van der Waals surface area contributed by atoms with E-state index in [1.165, 1.54) is 0 Å². The number of nitrogens with one attached hydrogen (secondary N) is 2. The highest BCUT2D eigenvalue weighted by Crippen LogP contribution is 2.19. The van der Waals surface area contributed by atoms with Crippen molar-refractivity contribution in [1.82, 2.24) is 14.9 Å². The van der Waals surface area contributed by atoms with Gasteiger partial charge in [0.2, 0.25) is 11.2 Å². The Morgan fingerprint density at radius 2 is 1.88 bits per heavy atom. The van der Waals surface area contributed by atoms with Crippen molar-refractivity contribution in [2.75, 3.05) is 11.9 Å². The second kappa shape index (κ2) is 7.58. The van der Waals surface area contributed by atoms with Crippen LogP contribution in [0.5, 0.6) is 0 Å². The second-order valence-electron chi connectivity index (χ2n) is 6.06. The molecule has 134 valence electrons. The lowest BCUT2D eigenvalue weighted by molar-refractivity contribution is -0.116. The Kier molecular flexibility index (Phi) is 5.23. The Bertz CT molecular complexity index is 964. The predicted molar refractivity (Wildman–Crippen MR) is 102 cm³/mol. The van der Waals surface area contributed by atoms with Gasteiger partial charge in [-0.15, -0.1) is 0 Å². The van der Waals surface area contributed by atoms with Gasteiger partial charge in [0.25, 0.3) is 5.91 Å². The number of rotatable bonds is 5. The molecule has 1 aromatic heterocycles. The second-order valence-corrected chi connectivity index (χ2v) is 6.40. The number of carbonyl (C=O) groups is 2. The van der Waals surface area contributed by atoms with Gasteiger partial charge in [-0.1, -0.05) is 17.7 Å². The SMILES string of the molecule is Cc1ccc(NC(=O)CCNC(=O)c2ccc3nc(Cl)n(C)c3c2)cc1. The molecule has 0 aliphatic carbocycles.